The summed E-state index contributed by atoms with van der Waals surface area (Å²) in [6.07, 6.45) is -4.85. The van der Waals surface area contributed by atoms with Crippen molar-refractivity contribution in [1.29, 1.82) is 0 Å². The summed E-state index contributed by atoms with van der Waals surface area (Å²) in [6.45, 7) is -0.847. The Labute approximate surface area is 143 Å². The van der Waals surface area contributed by atoms with Gasteiger partial charge in [0.2, 0.25) is 0 Å². The summed E-state index contributed by atoms with van der Waals surface area (Å²) in [6, 6.07) is 4.30. The van der Waals surface area contributed by atoms with Crippen LogP contribution in [0.1, 0.15) is 5.56 Å². The first-order chi connectivity index (χ1) is 11.8. The van der Waals surface area contributed by atoms with E-state index in [1.165, 1.54) is 31.4 Å². The van der Waals surface area contributed by atoms with E-state index in [0.29, 0.717) is 5.56 Å². The van der Waals surface area contributed by atoms with Crippen LogP contribution in [0.4, 0.5) is 0 Å². The van der Waals surface area contributed by atoms with Crippen LogP contribution in [0.5, 0.6) is 11.5 Å². The normalized spacial score (nSPS) is 16.0. The lowest BCUT2D eigenvalue weighted by molar-refractivity contribution is -0.163. The molecule has 1 rings (SSSR count). The van der Waals surface area contributed by atoms with Crippen LogP contribution >= 0.6 is 0 Å². The van der Waals surface area contributed by atoms with Crippen LogP contribution < -0.4 is 4.74 Å². The van der Waals surface area contributed by atoms with Gasteiger partial charge in [-0.3, -0.25) is 4.79 Å². The molecular weight excluding hydrogens is 336 g/mol. The van der Waals surface area contributed by atoms with Crippen molar-refractivity contribution in [2.24, 2.45) is 0 Å². The molecule has 0 fully saturated rings. The number of ether oxygens (including phenoxy) is 2. The summed E-state index contributed by atoms with van der Waals surface area (Å²) in [5.74, 6) is -0.880. The Balaban J connectivity index is 2.74. The van der Waals surface area contributed by atoms with Crippen molar-refractivity contribution in [3.63, 3.8) is 0 Å². The predicted molar refractivity (Wildman–Crippen MR) is 84.7 cm³/mol. The third-order valence-corrected chi connectivity index (χ3v) is 3.27. The van der Waals surface area contributed by atoms with Gasteiger partial charge in [-0.05, 0) is 23.8 Å². The molecule has 1 aromatic carbocycles. The van der Waals surface area contributed by atoms with Crippen LogP contribution in [0.3, 0.4) is 0 Å². The molecule has 0 unspecified atom stereocenters. The smallest absolute Gasteiger partial charge is 0.331 e. The molecule has 25 heavy (non-hydrogen) atoms. The quantitative estimate of drug-likeness (QED) is 0.204. The van der Waals surface area contributed by atoms with Gasteiger partial charge in [0.25, 0.3) is 0 Å². The minimum absolute atomic E-state index is 0.0807. The van der Waals surface area contributed by atoms with Gasteiger partial charge in [0, 0.05) is 6.08 Å². The number of aliphatic hydroxyl groups excluding tert-OH is 4. The van der Waals surface area contributed by atoms with E-state index in [9.17, 15) is 30.0 Å². The van der Waals surface area contributed by atoms with Crippen molar-refractivity contribution in [3.8, 4) is 11.5 Å². The Morgan fingerprint density at radius 3 is 2.48 bits per heavy atom. The molecule has 1 aromatic rings. The average Bonchev–Trinajstić information content (AvgIpc) is 2.63. The zero-order chi connectivity index (χ0) is 19.0. The van der Waals surface area contributed by atoms with Gasteiger partial charge < -0.3 is 35.0 Å². The van der Waals surface area contributed by atoms with E-state index >= 15 is 0 Å². The van der Waals surface area contributed by atoms with Crippen LogP contribution in [-0.2, 0) is 14.3 Å². The summed E-state index contributed by atoms with van der Waals surface area (Å²) >= 11 is 0. The second kappa shape index (κ2) is 9.74. The van der Waals surface area contributed by atoms with Crippen molar-refractivity contribution in [3.05, 3.63) is 29.8 Å². The highest BCUT2D eigenvalue weighted by Gasteiger charge is 2.33. The number of aromatic hydroxyl groups is 1. The number of methoxy groups -OCH3 is 1. The van der Waals surface area contributed by atoms with Gasteiger partial charge in [0.05, 0.1) is 13.7 Å². The van der Waals surface area contributed by atoms with Crippen LogP contribution in [0.15, 0.2) is 24.3 Å². The molecule has 0 radical (unpaired) electrons. The number of esters is 1. The summed E-state index contributed by atoms with van der Waals surface area (Å²) in [7, 11) is 1.36. The number of phenols is 1. The fraction of sp³-hybridized carbons (Fsp3) is 0.375. The SMILES string of the molecule is COc1cc(C=CC(=O)O[C@@H](C=O)[C@@H](O)[C@H](O)[C@H](O)CO)ccc1O. The molecule has 0 saturated heterocycles. The fourth-order valence-corrected chi connectivity index (χ4v) is 1.84. The summed E-state index contributed by atoms with van der Waals surface area (Å²) in [5.41, 5.74) is 0.491. The first-order valence-electron chi connectivity index (χ1n) is 7.20. The Kier molecular flexibility index (Phi) is 8.02. The van der Waals surface area contributed by atoms with E-state index in [4.69, 9.17) is 14.6 Å². The lowest BCUT2D eigenvalue weighted by atomic mass is 10.0. The Morgan fingerprint density at radius 1 is 1.24 bits per heavy atom. The van der Waals surface area contributed by atoms with E-state index in [1.807, 2.05) is 0 Å². The van der Waals surface area contributed by atoms with Gasteiger partial charge in [-0.1, -0.05) is 6.07 Å². The predicted octanol–water partition coefficient (Wildman–Crippen LogP) is -1.40. The molecule has 0 heterocycles. The number of rotatable bonds is 9. The van der Waals surface area contributed by atoms with E-state index in [2.05, 4.69) is 0 Å². The average molecular weight is 356 g/mol. The molecule has 0 bridgehead atoms. The van der Waals surface area contributed by atoms with Gasteiger partial charge in [-0.15, -0.1) is 0 Å². The van der Waals surface area contributed by atoms with Crippen LogP contribution in [0, 0.1) is 0 Å². The van der Waals surface area contributed by atoms with Gasteiger partial charge in [-0.25, -0.2) is 4.79 Å². The summed E-state index contributed by atoms with van der Waals surface area (Å²) in [4.78, 5) is 22.7. The molecule has 138 valence electrons. The molecule has 0 aliphatic carbocycles. The van der Waals surface area contributed by atoms with Crippen LogP contribution in [0.25, 0.3) is 6.08 Å². The van der Waals surface area contributed by atoms with Crippen molar-refractivity contribution in [2.45, 2.75) is 24.4 Å². The Bertz CT molecular complexity index is 614. The van der Waals surface area contributed by atoms with Crippen molar-refractivity contribution in [2.75, 3.05) is 13.7 Å². The maximum atomic E-state index is 11.7. The van der Waals surface area contributed by atoms with Crippen LogP contribution in [-0.4, -0.2) is 75.9 Å². The Hall–Kier alpha value is -2.46. The number of carbonyl (C=O) groups excluding carboxylic acids is 2. The number of phenolic OH excluding ortho intramolecular Hbond substituents is 1. The number of aliphatic hydroxyl groups is 4. The van der Waals surface area contributed by atoms with E-state index in [1.54, 1.807) is 0 Å². The molecule has 0 aliphatic heterocycles. The molecule has 4 atom stereocenters. The number of hydrogen-bond donors (Lipinski definition) is 5. The topological polar surface area (TPSA) is 154 Å². The molecule has 0 aromatic heterocycles. The molecule has 0 spiro atoms. The lowest BCUT2D eigenvalue weighted by Gasteiger charge is -2.25. The fourth-order valence-electron chi connectivity index (χ4n) is 1.84. The maximum absolute atomic E-state index is 11.7. The molecule has 0 amide bonds. The highest BCUT2D eigenvalue weighted by atomic mass is 16.6. The minimum Gasteiger partial charge on any atom is -0.504 e. The van der Waals surface area contributed by atoms with Crippen molar-refractivity contribution >= 4 is 18.3 Å². The van der Waals surface area contributed by atoms with Gasteiger partial charge >= 0.3 is 5.97 Å². The zero-order valence-electron chi connectivity index (χ0n) is 13.3. The second-order valence-corrected chi connectivity index (χ2v) is 5.03. The highest BCUT2D eigenvalue weighted by molar-refractivity contribution is 5.88. The first-order valence-corrected chi connectivity index (χ1v) is 7.20. The zero-order valence-corrected chi connectivity index (χ0v) is 13.3. The third kappa shape index (κ3) is 5.84. The van der Waals surface area contributed by atoms with E-state index < -0.39 is 37.0 Å². The Morgan fingerprint density at radius 2 is 1.92 bits per heavy atom. The standard InChI is InChI=1S/C16H20O9/c1-24-12-6-9(2-4-10(12)19)3-5-14(21)25-13(8-18)16(23)15(22)11(20)7-17/h2-6,8,11,13,15-17,19-20,22-23H,7H2,1H3/t11-,13+,15-,16-/m1/s1. The van der Waals surface area contributed by atoms with E-state index in [0.717, 1.165) is 6.08 Å². The van der Waals surface area contributed by atoms with Crippen molar-refractivity contribution < 1.29 is 44.6 Å². The number of hydrogen-bond acceptors (Lipinski definition) is 9. The van der Waals surface area contributed by atoms with Gasteiger partial charge in [0.15, 0.2) is 23.9 Å². The molecule has 5 N–H and O–H groups in total. The number of carbonyl (C=O) groups is 2. The van der Waals surface area contributed by atoms with Gasteiger partial charge in [0.1, 0.15) is 18.3 Å². The van der Waals surface area contributed by atoms with Crippen LogP contribution in [0.2, 0.25) is 0 Å². The third-order valence-electron chi connectivity index (χ3n) is 3.27. The molecule has 0 aliphatic rings. The largest absolute Gasteiger partial charge is 0.504 e. The maximum Gasteiger partial charge on any atom is 0.331 e. The number of aldehydes is 1. The molecule has 0 saturated carbocycles. The number of benzene rings is 1. The van der Waals surface area contributed by atoms with Crippen molar-refractivity contribution in [1.82, 2.24) is 0 Å². The van der Waals surface area contributed by atoms with Gasteiger partial charge in [-0.2, -0.15) is 0 Å². The molecule has 9 heteroatoms. The second-order valence-electron chi connectivity index (χ2n) is 5.03. The molecule has 9 nitrogen and oxygen atoms in total. The highest BCUT2D eigenvalue weighted by Crippen LogP contribution is 2.26. The van der Waals surface area contributed by atoms with E-state index in [-0.39, 0.29) is 17.8 Å². The summed E-state index contributed by atoms with van der Waals surface area (Å²) in [5, 5.41) is 46.7. The first kappa shape index (κ1) is 20.6. The lowest BCUT2D eigenvalue weighted by Crippen LogP contribution is -2.47. The monoisotopic (exact) mass is 356 g/mol. The summed E-state index contributed by atoms with van der Waals surface area (Å²) < 4.78 is 9.62. The minimum atomic E-state index is -1.91. The molecular formula is C16H20O9.